The first-order valence-corrected chi connectivity index (χ1v) is 10.7. The van der Waals surface area contributed by atoms with E-state index in [0.717, 1.165) is 13.0 Å². The zero-order valence-electron chi connectivity index (χ0n) is 20.1. The number of aliphatic hydroxyl groups is 2. The van der Waals surface area contributed by atoms with E-state index >= 15 is 0 Å². The number of carbonyl (C=O) groups excluding carboxylic acids is 4. The highest BCUT2D eigenvalue weighted by Crippen LogP contribution is 2.32. The number of ether oxygens (including phenoxy) is 4. The molecule has 0 bridgehead atoms. The minimum Gasteiger partial charge on any atom is -0.455 e. The lowest BCUT2D eigenvalue weighted by Crippen LogP contribution is -2.67. The molecule has 0 saturated heterocycles. The van der Waals surface area contributed by atoms with E-state index in [-0.39, 0.29) is 17.9 Å². The second kappa shape index (κ2) is 12.5. The summed E-state index contributed by atoms with van der Waals surface area (Å²) in [5.74, 6) is -3.32. The van der Waals surface area contributed by atoms with E-state index in [9.17, 15) is 29.4 Å². The number of hydrogen-bond donors (Lipinski definition) is 2. The van der Waals surface area contributed by atoms with Crippen molar-refractivity contribution in [2.45, 2.75) is 91.5 Å². The van der Waals surface area contributed by atoms with Crippen LogP contribution in [0.5, 0.6) is 0 Å². The van der Waals surface area contributed by atoms with E-state index in [2.05, 4.69) is 0 Å². The molecule has 0 heterocycles. The molecule has 10 heteroatoms. The lowest BCUT2D eigenvalue weighted by atomic mass is 9.84. The summed E-state index contributed by atoms with van der Waals surface area (Å²) in [5.41, 5.74) is 0.796. The van der Waals surface area contributed by atoms with Gasteiger partial charge in [-0.3, -0.25) is 9.59 Å². The van der Waals surface area contributed by atoms with Gasteiger partial charge in [0.15, 0.2) is 24.4 Å². The van der Waals surface area contributed by atoms with Crippen molar-refractivity contribution in [3.05, 3.63) is 23.3 Å². The third-order valence-electron chi connectivity index (χ3n) is 4.80. The second-order valence-corrected chi connectivity index (χ2v) is 8.57. The third kappa shape index (κ3) is 8.29. The molecule has 0 aromatic heterocycles. The monoisotopic (exact) mass is 470 g/mol. The van der Waals surface area contributed by atoms with E-state index in [1.165, 1.54) is 13.0 Å². The highest BCUT2D eigenvalue weighted by molar-refractivity contribution is 5.88. The molecular weight excluding hydrogens is 436 g/mol. The fourth-order valence-corrected chi connectivity index (χ4v) is 3.16. The Morgan fingerprint density at radius 1 is 0.818 bits per heavy atom. The molecule has 0 radical (unpaired) electrons. The molecule has 6 unspecified atom stereocenters. The minimum atomic E-state index is -1.81. The van der Waals surface area contributed by atoms with Crippen molar-refractivity contribution in [2.75, 3.05) is 0 Å². The van der Waals surface area contributed by atoms with Crippen molar-refractivity contribution >= 4 is 23.9 Å². The maximum atomic E-state index is 12.5. The van der Waals surface area contributed by atoms with Crippen LogP contribution in [-0.2, 0) is 38.1 Å². The Bertz CT molecular complexity index is 793. The van der Waals surface area contributed by atoms with Crippen LogP contribution in [0, 0.1) is 5.92 Å². The van der Waals surface area contributed by atoms with Crippen molar-refractivity contribution in [3.63, 3.8) is 0 Å². The summed E-state index contributed by atoms with van der Waals surface area (Å²) in [6.45, 7) is 11.0. The number of rotatable bonds is 8. The van der Waals surface area contributed by atoms with Gasteiger partial charge in [-0.2, -0.15) is 0 Å². The number of hydrogen-bond acceptors (Lipinski definition) is 10. The summed E-state index contributed by atoms with van der Waals surface area (Å²) in [7, 11) is 0. The molecule has 1 aliphatic rings. The van der Waals surface area contributed by atoms with Gasteiger partial charge in [0.25, 0.3) is 0 Å². The van der Waals surface area contributed by atoms with Crippen LogP contribution in [0.25, 0.3) is 0 Å². The highest BCUT2D eigenvalue weighted by Gasteiger charge is 2.57. The molecule has 33 heavy (non-hydrogen) atoms. The van der Waals surface area contributed by atoms with E-state index in [0.29, 0.717) is 5.57 Å². The SMILES string of the molecule is CC=C(C)C(=O)OC1C(OC(=O)CC(C)C)C(O)C(O)C(OC(=O)C=C(C)C)C1OC(C)=O. The van der Waals surface area contributed by atoms with Gasteiger partial charge in [0.05, 0.1) is 0 Å². The molecule has 1 fully saturated rings. The summed E-state index contributed by atoms with van der Waals surface area (Å²) < 4.78 is 21.3. The van der Waals surface area contributed by atoms with Crippen LogP contribution in [0.1, 0.15) is 54.9 Å². The van der Waals surface area contributed by atoms with Crippen LogP contribution < -0.4 is 0 Å². The van der Waals surface area contributed by atoms with Crippen LogP contribution in [0.3, 0.4) is 0 Å². The van der Waals surface area contributed by atoms with E-state index in [4.69, 9.17) is 18.9 Å². The Morgan fingerprint density at radius 3 is 1.79 bits per heavy atom. The fraction of sp³-hybridized carbons (Fsp3) is 0.652. The summed E-state index contributed by atoms with van der Waals surface area (Å²) in [5, 5.41) is 21.4. The number of esters is 4. The van der Waals surface area contributed by atoms with Gasteiger partial charge >= 0.3 is 23.9 Å². The molecule has 2 N–H and O–H groups in total. The van der Waals surface area contributed by atoms with Gasteiger partial charge in [-0.05, 0) is 33.6 Å². The average Bonchev–Trinajstić information content (AvgIpc) is 2.69. The Hall–Kier alpha value is -2.72. The average molecular weight is 471 g/mol. The van der Waals surface area contributed by atoms with Crippen LogP contribution in [0.15, 0.2) is 23.3 Å². The van der Waals surface area contributed by atoms with Crippen LogP contribution in [0.4, 0.5) is 0 Å². The molecule has 1 rings (SSSR count). The molecule has 0 spiro atoms. The standard InChI is InChI=1S/C23H34O10/c1-8-13(6)23(29)33-22-20(32-16(26)10-12(4)5)18(28)17(27)19(21(22)30-14(7)24)31-15(25)9-11(2)3/h8-9,12,17-22,27-28H,10H2,1-7H3. The topological polar surface area (TPSA) is 146 Å². The highest BCUT2D eigenvalue weighted by atomic mass is 16.6. The Balaban J connectivity index is 3.45. The number of carbonyl (C=O) groups is 4. The van der Waals surface area contributed by atoms with Gasteiger partial charge in [-0.1, -0.05) is 25.5 Å². The largest absolute Gasteiger partial charge is 0.455 e. The maximum Gasteiger partial charge on any atom is 0.333 e. The smallest absolute Gasteiger partial charge is 0.333 e. The molecule has 1 saturated carbocycles. The van der Waals surface area contributed by atoms with Crippen molar-refractivity contribution in [2.24, 2.45) is 5.92 Å². The summed E-state index contributed by atoms with van der Waals surface area (Å²) in [6.07, 6.45) is -7.30. The minimum absolute atomic E-state index is 0.00884. The van der Waals surface area contributed by atoms with Crippen LogP contribution in [0.2, 0.25) is 0 Å². The molecule has 0 aliphatic heterocycles. The molecule has 0 amide bonds. The molecule has 186 valence electrons. The summed E-state index contributed by atoms with van der Waals surface area (Å²) >= 11 is 0. The molecule has 6 atom stereocenters. The predicted molar refractivity (Wildman–Crippen MR) is 116 cm³/mol. The molecule has 1 aliphatic carbocycles. The van der Waals surface area contributed by atoms with Crippen LogP contribution in [-0.4, -0.2) is 70.7 Å². The zero-order valence-corrected chi connectivity index (χ0v) is 20.1. The van der Waals surface area contributed by atoms with Gasteiger partial charge in [-0.15, -0.1) is 0 Å². The summed E-state index contributed by atoms with van der Waals surface area (Å²) in [4.78, 5) is 48.9. The first-order chi connectivity index (χ1) is 15.3. The van der Waals surface area contributed by atoms with Crippen molar-refractivity contribution in [1.29, 1.82) is 0 Å². The number of allylic oxidation sites excluding steroid dienone is 2. The predicted octanol–water partition coefficient (Wildman–Crippen LogP) is 1.37. The normalized spacial score (nSPS) is 27.4. The van der Waals surface area contributed by atoms with Gasteiger partial charge in [0.2, 0.25) is 0 Å². The maximum absolute atomic E-state index is 12.5. The fourth-order valence-electron chi connectivity index (χ4n) is 3.16. The third-order valence-corrected chi connectivity index (χ3v) is 4.80. The van der Waals surface area contributed by atoms with Gasteiger partial charge < -0.3 is 29.2 Å². The first kappa shape index (κ1) is 28.3. The first-order valence-electron chi connectivity index (χ1n) is 10.7. The van der Waals surface area contributed by atoms with Crippen LogP contribution >= 0.6 is 0 Å². The lowest BCUT2D eigenvalue weighted by molar-refractivity contribution is -0.250. The zero-order chi connectivity index (χ0) is 25.5. The Labute approximate surface area is 193 Å². The van der Waals surface area contributed by atoms with Crippen molar-refractivity contribution in [3.8, 4) is 0 Å². The van der Waals surface area contributed by atoms with Gasteiger partial charge in [-0.25, -0.2) is 9.59 Å². The second-order valence-electron chi connectivity index (χ2n) is 8.57. The van der Waals surface area contributed by atoms with E-state index < -0.39 is 60.5 Å². The molecule has 0 aromatic carbocycles. The van der Waals surface area contributed by atoms with Gasteiger partial charge in [0.1, 0.15) is 12.2 Å². The number of aliphatic hydroxyl groups excluding tert-OH is 2. The lowest BCUT2D eigenvalue weighted by Gasteiger charge is -2.45. The van der Waals surface area contributed by atoms with E-state index in [1.807, 2.05) is 0 Å². The quantitative estimate of drug-likeness (QED) is 0.303. The van der Waals surface area contributed by atoms with Gasteiger partial charge in [0, 0.05) is 25.0 Å². The van der Waals surface area contributed by atoms with Crippen molar-refractivity contribution < 1.29 is 48.3 Å². The summed E-state index contributed by atoms with van der Waals surface area (Å²) in [6, 6.07) is 0. The van der Waals surface area contributed by atoms with E-state index in [1.54, 1.807) is 34.6 Å². The Morgan fingerprint density at radius 2 is 1.33 bits per heavy atom. The molecular formula is C23H34O10. The molecule has 0 aromatic rings. The Kier molecular flexibility index (Phi) is 10.7. The van der Waals surface area contributed by atoms with Crippen molar-refractivity contribution in [1.82, 2.24) is 0 Å². The molecule has 10 nitrogen and oxygen atoms in total.